The Kier molecular flexibility index (Phi) is 6.18. The van der Waals surface area contributed by atoms with Crippen LogP contribution in [0.2, 0.25) is 15.2 Å². The maximum absolute atomic E-state index is 12.7. The van der Waals surface area contributed by atoms with Crippen molar-refractivity contribution in [2.45, 2.75) is 6.42 Å². The fourth-order valence-electron chi connectivity index (χ4n) is 3.00. The highest BCUT2D eigenvalue weighted by Crippen LogP contribution is 2.30. The summed E-state index contributed by atoms with van der Waals surface area (Å²) in [6.07, 6.45) is 4.17. The van der Waals surface area contributed by atoms with Crippen LogP contribution in [0.5, 0.6) is 0 Å². The summed E-state index contributed by atoms with van der Waals surface area (Å²) in [4.78, 5) is 40.9. The number of carboxylic acid groups (broad SMARTS) is 1. The van der Waals surface area contributed by atoms with Crippen LogP contribution in [0.1, 0.15) is 21.5 Å². The van der Waals surface area contributed by atoms with Gasteiger partial charge in [0.1, 0.15) is 10.9 Å². The van der Waals surface area contributed by atoms with E-state index in [2.05, 4.69) is 25.3 Å². The third kappa shape index (κ3) is 4.47. The van der Waals surface area contributed by atoms with Gasteiger partial charge in [-0.1, -0.05) is 40.9 Å². The van der Waals surface area contributed by atoms with Gasteiger partial charge in [-0.15, -0.1) is 0 Å². The molecule has 0 spiro atoms. The molecule has 4 rings (SSSR count). The molecule has 0 bridgehead atoms. The lowest BCUT2D eigenvalue weighted by Gasteiger charge is -2.10. The Morgan fingerprint density at radius 1 is 1.03 bits per heavy atom. The smallest absolute Gasteiger partial charge is 0.350 e. The maximum Gasteiger partial charge on any atom is 0.350 e. The van der Waals surface area contributed by atoms with Gasteiger partial charge in [0.15, 0.2) is 5.84 Å². The molecule has 0 saturated heterocycles. The van der Waals surface area contributed by atoms with E-state index >= 15 is 0 Å². The van der Waals surface area contributed by atoms with Crippen LogP contribution in [-0.2, 0) is 11.2 Å². The Balaban J connectivity index is 1.74. The van der Waals surface area contributed by atoms with Crippen LogP contribution in [-0.4, -0.2) is 38.5 Å². The number of aliphatic carboxylic acids is 1. The predicted octanol–water partition coefficient (Wildman–Crippen LogP) is 4.85. The van der Waals surface area contributed by atoms with E-state index < -0.39 is 11.9 Å². The van der Waals surface area contributed by atoms with Crippen molar-refractivity contribution in [3.8, 4) is 0 Å². The second-order valence-electron chi connectivity index (χ2n) is 6.59. The molecule has 8 nitrogen and oxygen atoms in total. The van der Waals surface area contributed by atoms with Crippen LogP contribution >= 0.6 is 34.8 Å². The zero-order valence-corrected chi connectivity index (χ0v) is 18.3. The molecule has 1 aliphatic rings. The van der Waals surface area contributed by atoms with Crippen molar-refractivity contribution in [2.24, 2.45) is 9.98 Å². The van der Waals surface area contributed by atoms with Gasteiger partial charge < -0.3 is 10.4 Å². The quantitative estimate of drug-likeness (QED) is 0.509. The number of rotatable bonds is 4. The van der Waals surface area contributed by atoms with Gasteiger partial charge in [0.25, 0.3) is 5.91 Å². The minimum atomic E-state index is -1.18. The van der Waals surface area contributed by atoms with Gasteiger partial charge in [-0.3, -0.25) is 9.78 Å². The Labute approximate surface area is 196 Å². The molecule has 3 heterocycles. The van der Waals surface area contributed by atoms with Crippen LogP contribution in [0.3, 0.4) is 0 Å². The number of hydrogen-bond acceptors (Lipinski definition) is 6. The lowest BCUT2D eigenvalue weighted by Crippen LogP contribution is -2.17. The van der Waals surface area contributed by atoms with Crippen LogP contribution in [0.15, 0.2) is 58.9 Å². The summed E-state index contributed by atoms with van der Waals surface area (Å²) >= 11 is 18.3. The molecule has 0 aliphatic carbocycles. The minimum absolute atomic E-state index is 0.0335. The van der Waals surface area contributed by atoms with E-state index in [-0.39, 0.29) is 38.7 Å². The number of halogens is 3. The summed E-state index contributed by atoms with van der Waals surface area (Å²) in [6, 6.07) is 8.17. The number of carbonyl (C=O) groups is 2. The summed E-state index contributed by atoms with van der Waals surface area (Å²) in [7, 11) is 0. The second-order valence-corrected chi connectivity index (χ2v) is 7.77. The summed E-state index contributed by atoms with van der Waals surface area (Å²) < 4.78 is 0. The molecule has 3 aromatic rings. The predicted molar refractivity (Wildman–Crippen MR) is 123 cm³/mol. The largest absolute Gasteiger partial charge is 0.477 e. The second kappa shape index (κ2) is 9.04. The molecular weight excluding hydrogens is 477 g/mol. The number of amidine groups is 1. The molecule has 0 atom stereocenters. The molecule has 0 unspecified atom stereocenters. The topological polar surface area (TPSA) is 117 Å². The molecule has 32 heavy (non-hydrogen) atoms. The van der Waals surface area contributed by atoms with Crippen molar-refractivity contribution in [1.82, 2.24) is 9.97 Å². The summed E-state index contributed by atoms with van der Waals surface area (Å²) in [5, 5.41) is 12.6. The Bertz CT molecular complexity index is 1300. The lowest BCUT2D eigenvalue weighted by molar-refractivity contribution is -0.129. The SMILES string of the molecule is O=C(O)C1=NC(c2cccnc2Cl)=Nc2cc(NC(=O)c3c(Cl)cncc3Cl)ccc2C1. The third-order valence-electron chi connectivity index (χ3n) is 4.50. The van der Waals surface area contributed by atoms with E-state index in [4.69, 9.17) is 34.8 Å². The van der Waals surface area contributed by atoms with Crippen molar-refractivity contribution in [3.63, 3.8) is 0 Å². The number of carboxylic acids is 1. The number of nitrogens with zero attached hydrogens (tertiary/aromatic N) is 4. The van der Waals surface area contributed by atoms with Crippen LogP contribution in [0.4, 0.5) is 11.4 Å². The third-order valence-corrected chi connectivity index (χ3v) is 5.37. The number of carbonyl (C=O) groups excluding carboxylic acids is 1. The van der Waals surface area contributed by atoms with E-state index in [1.165, 1.54) is 18.6 Å². The molecule has 2 N–H and O–H groups in total. The number of aromatic nitrogens is 2. The Morgan fingerprint density at radius 3 is 2.47 bits per heavy atom. The van der Waals surface area contributed by atoms with Gasteiger partial charge in [0.2, 0.25) is 0 Å². The molecule has 2 aromatic heterocycles. The molecule has 11 heteroatoms. The molecule has 0 fully saturated rings. The lowest BCUT2D eigenvalue weighted by atomic mass is 10.1. The number of benzene rings is 1. The number of aliphatic imine (C=N–C) groups is 2. The van der Waals surface area contributed by atoms with Gasteiger partial charge in [-0.25, -0.2) is 19.8 Å². The highest BCUT2D eigenvalue weighted by molar-refractivity contribution is 6.41. The van der Waals surface area contributed by atoms with E-state index in [0.717, 1.165) is 0 Å². The molecule has 1 amide bonds. The highest BCUT2D eigenvalue weighted by Gasteiger charge is 2.22. The van der Waals surface area contributed by atoms with E-state index in [1.807, 2.05) is 0 Å². The van der Waals surface area contributed by atoms with Crippen molar-refractivity contribution in [2.75, 3.05) is 5.32 Å². The zero-order valence-electron chi connectivity index (χ0n) is 16.0. The Morgan fingerprint density at radius 2 is 1.78 bits per heavy atom. The maximum atomic E-state index is 12.7. The van der Waals surface area contributed by atoms with Crippen LogP contribution in [0.25, 0.3) is 0 Å². The van der Waals surface area contributed by atoms with Crippen LogP contribution in [0, 0.1) is 0 Å². The molecule has 1 aromatic carbocycles. The number of anilines is 1. The van der Waals surface area contributed by atoms with Crippen molar-refractivity contribution in [3.05, 3.63) is 80.8 Å². The standard InChI is InChI=1S/C21H12Cl3N5O3/c22-13-8-25-9-14(23)17(13)20(30)27-11-4-3-10-6-16(21(31)32)29-19(28-15(10)7-11)12-2-1-5-26-18(12)24/h1-5,7-9H,6H2,(H,27,30)(H,31,32). The van der Waals surface area contributed by atoms with Gasteiger partial charge in [0.05, 0.1) is 26.9 Å². The average molecular weight is 489 g/mol. The fraction of sp³-hybridized carbons (Fsp3) is 0.0476. The molecule has 0 saturated carbocycles. The summed E-state index contributed by atoms with van der Waals surface area (Å²) in [6.45, 7) is 0. The summed E-state index contributed by atoms with van der Waals surface area (Å²) in [5.41, 5.74) is 1.79. The first-order valence-corrected chi connectivity index (χ1v) is 10.2. The molecule has 160 valence electrons. The van der Waals surface area contributed by atoms with Gasteiger partial charge in [0, 0.05) is 30.7 Å². The monoisotopic (exact) mass is 487 g/mol. The first kappa shape index (κ1) is 21.9. The van der Waals surface area contributed by atoms with Gasteiger partial charge in [-0.05, 0) is 29.8 Å². The zero-order chi connectivity index (χ0) is 22.8. The molecule has 1 aliphatic heterocycles. The highest BCUT2D eigenvalue weighted by atomic mass is 35.5. The minimum Gasteiger partial charge on any atom is -0.477 e. The number of pyridine rings is 2. The average Bonchev–Trinajstić information content (AvgIpc) is 2.93. The van der Waals surface area contributed by atoms with E-state index in [1.54, 1.807) is 30.3 Å². The summed E-state index contributed by atoms with van der Waals surface area (Å²) in [5.74, 6) is -1.61. The normalized spacial score (nSPS) is 12.8. The molecular formula is C21H12Cl3N5O3. The van der Waals surface area contributed by atoms with Gasteiger partial charge >= 0.3 is 5.97 Å². The van der Waals surface area contributed by atoms with Crippen molar-refractivity contribution in [1.29, 1.82) is 0 Å². The van der Waals surface area contributed by atoms with Crippen molar-refractivity contribution < 1.29 is 14.7 Å². The van der Waals surface area contributed by atoms with Crippen molar-refractivity contribution >= 4 is 69.6 Å². The number of fused-ring (bicyclic) bond motifs is 1. The molecule has 0 radical (unpaired) electrons. The van der Waals surface area contributed by atoms with E-state index in [0.29, 0.717) is 22.5 Å². The Hall–Kier alpha value is -3.33. The van der Waals surface area contributed by atoms with E-state index in [9.17, 15) is 14.7 Å². The van der Waals surface area contributed by atoms with Gasteiger partial charge in [-0.2, -0.15) is 0 Å². The first-order chi connectivity index (χ1) is 15.3. The first-order valence-electron chi connectivity index (χ1n) is 9.07. The fourth-order valence-corrected chi connectivity index (χ4v) is 3.74. The number of nitrogens with one attached hydrogen (secondary N) is 1. The number of amides is 1. The van der Waals surface area contributed by atoms with Crippen LogP contribution < -0.4 is 5.32 Å². The number of hydrogen-bond donors (Lipinski definition) is 2.